The predicted octanol–water partition coefficient (Wildman–Crippen LogP) is 4.09. The molecule has 6 nitrogen and oxygen atoms in total. The van der Waals surface area contributed by atoms with Gasteiger partial charge in [0.1, 0.15) is 17.8 Å². The number of ether oxygens (including phenoxy) is 1. The number of aliphatic hydroxyl groups excluding tert-OH is 2. The zero-order chi connectivity index (χ0) is 24.5. The highest BCUT2D eigenvalue weighted by atomic mass is 19.1. The first-order valence-electron chi connectivity index (χ1n) is 11.9. The molecule has 2 aliphatic heterocycles. The largest absolute Gasteiger partial charge is 0.499 e. The fraction of sp³-hybridized carbons (Fsp3) is 0.481. The lowest BCUT2D eigenvalue weighted by Gasteiger charge is -2.41. The van der Waals surface area contributed by atoms with E-state index in [1.165, 1.54) is 17.8 Å². The number of methoxy groups -OCH3 is 1. The van der Waals surface area contributed by atoms with Crippen LogP contribution in [0.2, 0.25) is 0 Å². The van der Waals surface area contributed by atoms with Gasteiger partial charge in [-0.25, -0.2) is 4.39 Å². The van der Waals surface area contributed by atoms with E-state index >= 15 is 0 Å². The molecule has 0 amide bonds. The second kappa shape index (κ2) is 9.94. The summed E-state index contributed by atoms with van der Waals surface area (Å²) < 4.78 is 19.2. The standard InChI is InChI=1S/C27H36FN3O3/c1-19-16-30(18-29(19)3)23-11-12-27(2,15-25(23)34-4)14-21-6-5-13-31(26(21)33)24(17-32)20-7-9-22(28)10-8-20/h7-12,14,16,24,26,32-33H,5-6,13,15,17-18H2,1-4H3/b21-14+/t24-,26?,27?/m0/s1. The van der Waals surface area contributed by atoms with Crippen molar-refractivity contribution in [3.05, 3.63) is 82.8 Å². The van der Waals surface area contributed by atoms with Crippen LogP contribution in [0.4, 0.5) is 4.39 Å². The van der Waals surface area contributed by atoms with Gasteiger partial charge in [0, 0.05) is 37.3 Å². The van der Waals surface area contributed by atoms with Gasteiger partial charge < -0.3 is 24.7 Å². The Labute approximate surface area is 201 Å². The number of aliphatic hydroxyl groups is 2. The SMILES string of the molecule is COC1=C(N2C=C(C)N(C)C2)C=CC(C)(/C=C2\CCCN([C@@H](CO)c3ccc(F)cc3)C2O)C1. The average molecular weight is 470 g/mol. The van der Waals surface area contributed by atoms with Gasteiger partial charge in [0.25, 0.3) is 0 Å². The van der Waals surface area contributed by atoms with E-state index < -0.39 is 12.3 Å². The van der Waals surface area contributed by atoms with E-state index in [2.05, 4.69) is 55.1 Å². The van der Waals surface area contributed by atoms with Crippen molar-refractivity contribution in [3.63, 3.8) is 0 Å². The van der Waals surface area contributed by atoms with Crippen molar-refractivity contribution >= 4 is 0 Å². The molecule has 2 unspecified atom stereocenters. The monoisotopic (exact) mass is 469 g/mol. The second-order valence-corrected chi connectivity index (χ2v) is 9.79. The molecule has 1 fully saturated rings. The number of likely N-dealkylation sites (tertiary alicyclic amines) is 1. The van der Waals surface area contributed by atoms with Crippen LogP contribution in [-0.2, 0) is 4.74 Å². The molecule has 4 rings (SSSR count). The maximum Gasteiger partial charge on any atom is 0.130 e. The van der Waals surface area contributed by atoms with Gasteiger partial charge in [-0.05, 0) is 49.1 Å². The molecule has 1 aliphatic carbocycles. The van der Waals surface area contributed by atoms with Crippen molar-refractivity contribution in [2.75, 3.05) is 34.0 Å². The number of halogens is 1. The number of hydrogen-bond donors (Lipinski definition) is 2. The quantitative estimate of drug-likeness (QED) is 0.612. The summed E-state index contributed by atoms with van der Waals surface area (Å²) >= 11 is 0. The number of piperidine rings is 1. The molecule has 34 heavy (non-hydrogen) atoms. The lowest BCUT2D eigenvalue weighted by Crippen LogP contribution is -2.45. The van der Waals surface area contributed by atoms with E-state index in [0.717, 1.165) is 42.1 Å². The number of rotatable bonds is 6. The van der Waals surface area contributed by atoms with Crippen molar-refractivity contribution in [2.24, 2.45) is 5.41 Å². The third-order valence-electron chi connectivity index (χ3n) is 7.18. The van der Waals surface area contributed by atoms with Crippen molar-refractivity contribution in [3.8, 4) is 0 Å². The topological polar surface area (TPSA) is 59.4 Å². The fourth-order valence-electron chi connectivity index (χ4n) is 5.15. The van der Waals surface area contributed by atoms with Crippen LogP contribution in [0.25, 0.3) is 0 Å². The Morgan fingerprint density at radius 1 is 1.29 bits per heavy atom. The van der Waals surface area contributed by atoms with Gasteiger partial charge in [-0.1, -0.05) is 31.2 Å². The molecule has 3 aliphatic rings. The lowest BCUT2D eigenvalue weighted by molar-refractivity contribution is -0.0326. The summed E-state index contributed by atoms with van der Waals surface area (Å²) in [6.45, 7) is 5.55. The van der Waals surface area contributed by atoms with E-state index in [9.17, 15) is 14.6 Å². The molecule has 0 bridgehead atoms. The number of allylic oxidation sites excluding steroid dienone is 5. The molecule has 0 spiro atoms. The number of benzene rings is 1. The highest BCUT2D eigenvalue weighted by molar-refractivity contribution is 5.35. The third-order valence-corrected chi connectivity index (χ3v) is 7.18. The van der Waals surface area contributed by atoms with Gasteiger partial charge >= 0.3 is 0 Å². The average Bonchev–Trinajstić information content (AvgIpc) is 3.15. The fourth-order valence-corrected chi connectivity index (χ4v) is 5.15. The van der Waals surface area contributed by atoms with Crippen LogP contribution in [0.1, 0.15) is 44.7 Å². The molecule has 1 saturated heterocycles. The molecule has 3 atom stereocenters. The van der Waals surface area contributed by atoms with Crippen LogP contribution in [0.15, 0.2) is 71.4 Å². The Kier molecular flexibility index (Phi) is 7.17. The van der Waals surface area contributed by atoms with Crippen LogP contribution in [-0.4, -0.2) is 65.1 Å². The number of nitrogens with zero attached hydrogens (tertiary/aromatic N) is 3. The van der Waals surface area contributed by atoms with Gasteiger partial charge in [-0.15, -0.1) is 0 Å². The highest BCUT2D eigenvalue weighted by Crippen LogP contribution is 2.40. The van der Waals surface area contributed by atoms with Gasteiger partial charge in [0.05, 0.1) is 32.1 Å². The van der Waals surface area contributed by atoms with Gasteiger partial charge in [-0.3, -0.25) is 4.90 Å². The van der Waals surface area contributed by atoms with E-state index in [-0.39, 0.29) is 17.8 Å². The maximum atomic E-state index is 13.4. The van der Waals surface area contributed by atoms with Crippen molar-refractivity contribution in [1.29, 1.82) is 0 Å². The summed E-state index contributed by atoms with van der Waals surface area (Å²) in [6.07, 6.45) is 10.2. The molecule has 0 saturated carbocycles. The zero-order valence-corrected chi connectivity index (χ0v) is 20.5. The van der Waals surface area contributed by atoms with Crippen molar-refractivity contribution < 1.29 is 19.3 Å². The summed E-state index contributed by atoms with van der Waals surface area (Å²) in [7, 11) is 3.78. The van der Waals surface area contributed by atoms with Crippen LogP contribution >= 0.6 is 0 Å². The van der Waals surface area contributed by atoms with Crippen molar-refractivity contribution in [1.82, 2.24) is 14.7 Å². The molecular formula is C27H36FN3O3. The Hall–Kier alpha value is -2.61. The molecular weight excluding hydrogens is 433 g/mol. The molecule has 7 heteroatoms. The van der Waals surface area contributed by atoms with Gasteiger partial charge in [-0.2, -0.15) is 0 Å². The molecule has 184 valence electrons. The minimum atomic E-state index is -0.810. The molecule has 2 heterocycles. The lowest BCUT2D eigenvalue weighted by atomic mass is 9.79. The van der Waals surface area contributed by atoms with E-state index in [0.29, 0.717) is 13.0 Å². The van der Waals surface area contributed by atoms with Crippen LogP contribution in [0, 0.1) is 11.2 Å². The summed E-state index contributed by atoms with van der Waals surface area (Å²) in [6, 6.07) is 5.75. The van der Waals surface area contributed by atoms with Crippen molar-refractivity contribution in [2.45, 2.75) is 45.4 Å². The maximum absolute atomic E-state index is 13.4. The van der Waals surface area contributed by atoms with Gasteiger partial charge in [0.15, 0.2) is 0 Å². The Balaban J connectivity index is 1.55. The summed E-state index contributed by atoms with van der Waals surface area (Å²) in [4.78, 5) is 6.29. The van der Waals surface area contributed by atoms with E-state index in [4.69, 9.17) is 4.74 Å². The van der Waals surface area contributed by atoms with Crippen LogP contribution in [0.5, 0.6) is 0 Å². The van der Waals surface area contributed by atoms with E-state index in [1.54, 1.807) is 19.2 Å². The van der Waals surface area contributed by atoms with E-state index in [1.807, 2.05) is 4.90 Å². The Morgan fingerprint density at radius 2 is 2.03 bits per heavy atom. The first kappa shape index (κ1) is 24.5. The third kappa shape index (κ3) is 4.92. The molecule has 1 aromatic rings. The highest BCUT2D eigenvalue weighted by Gasteiger charge is 2.35. The normalized spacial score (nSPS) is 28.0. The summed E-state index contributed by atoms with van der Waals surface area (Å²) in [5.74, 6) is 0.604. The predicted molar refractivity (Wildman–Crippen MR) is 130 cm³/mol. The summed E-state index contributed by atoms with van der Waals surface area (Å²) in [5.41, 5.74) is 3.69. The summed E-state index contributed by atoms with van der Waals surface area (Å²) in [5, 5.41) is 21.4. The molecule has 2 N–H and O–H groups in total. The molecule has 0 radical (unpaired) electrons. The zero-order valence-electron chi connectivity index (χ0n) is 20.5. The molecule has 1 aromatic carbocycles. The molecule has 0 aromatic heterocycles. The van der Waals surface area contributed by atoms with Crippen LogP contribution in [0.3, 0.4) is 0 Å². The first-order valence-corrected chi connectivity index (χ1v) is 11.9. The Bertz CT molecular complexity index is 1020. The minimum Gasteiger partial charge on any atom is -0.499 e. The second-order valence-electron chi connectivity index (χ2n) is 9.79. The minimum absolute atomic E-state index is 0.149. The first-order chi connectivity index (χ1) is 16.2. The van der Waals surface area contributed by atoms with Gasteiger partial charge in [0.2, 0.25) is 0 Å². The number of hydrogen-bond acceptors (Lipinski definition) is 6. The van der Waals surface area contributed by atoms with Crippen LogP contribution < -0.4 is 0 Å². The smallest absolute Gasteiger partial charge is 0.130 e. The Morgan fingerprint density at radius 3 is 2.65 bits per heavy atom.